The maximum absolute atomic E-state index is 13.6. The second-order valence-electron chi connectivity index (χ2n) is 13.4. The number of aliphatic hydroxyl groups is 3. The van der Waals surface area contributed by atoms with Crippen molar-refractivity contribution in [3.05, 3.63) is 83.4 Å². The molecule has 7 heteroatoms. The first-order chi connectivity index (χ1) is 20.0. The fourth-order valence-electron chi connectivity index (χ4n) is 9.30. The molecule has 0 spiro atoms. The van der Waals surface area contributed by atoms with E-state index < -0.39 is 52.8 Å². The highest BCUT2D eigenvalue weighted by Crippen LogP contribution is 2.69. The van der Waals surface area contributed by atoms with Gasteiger partial charge in [-0.05, 0) is 81.0 Å². The quantitative estimate of drug-likeness (QED) is 0.337. The first kappa shape index (κ1) is 29.1. The molecule has 0 radical (unpaired) electrons. The van der Waals surface area contributed by atoms with Gasteiger partial charge in [-0.25, -0.2) is 9.59 Å². The van der Waals surface area contributed by atoms with Gasteiger partial charge >= 0.3 is 11.9 Å². The Bertz CT molecular complexity index is 1360. The summed E-state index contributed by atoms with van der Waals surface area (Å²) in [5.74, 6) is -2.02. The molecule has 0 unspecified atom stereocenters. The van der Waals surface area contributed by atoms with Gasteiger partial charge < -0.3 is 24.8 Å². The van der Waals surface area contributed by atoms with E-state index in [1.807, 2.05) is 26.0 Å². The Balaban J connectivity index is 1.40. The van der Waals surface area contributed by atoms with Crippen LogP contribution in [0.3, 0.4) is 0 Å². The number of fused-ring (bicyclic) bond motifs is 5. The Labute approximate surface area is 247 Å². The number of ether oxygens (including phenoxy) is 2. The fraction of sp³-hybridized carbons (Fsp3) is 0.543. The van der Waals surface area contributed by atoms with E-state index in [0.717, 1.165) is 5.57 Å². The van der Waals surface area contributed by atoms with Crippen molar-refractivity contribution in [1.29, 1.82) is 0 Å². The third kappa shape index (κ3) is 4.35. The first-order valence-electron chi connectivity index (χ1n) is 15.3. The first-order valence-corrected chi connectivity index (χ1v) is 15.3. The van der Waals surface area contributed by atoms with Crippen LogP contribution in [0.1, 0.15) is 80.0 Å². The van der Waals surface area contributed by atoms with Crippen molar-refractivity contribution in [2.75, 3.05) is 0 Å². The van der Waals surface area contributed by atoms with Crippen LogP contribution in [0.5, 0.6) is 0 Å². The third-order valence-corrected chi connectivity index (χ3v) is 11.5. The summed E-state index contributed by atoms with van der Waals surface area (Å²) >= 11 is 0. The summed E-state index contributed by atoms with van der Waals surface area (Å²) < 4.78 is 12.3. The van der Waals surface area contributed by atoms with Crippen LogP contribution in [0.25, 0.3) is 0 Å². The Morgan fingerprint density at radius 3 is 2.17 bits per heavy atom. The Kier molecular flexibility index (Phi) is 7.35. The SMILES string of the molecule is C[C@H](OC(=O)c1ccccc1)[C@H]1CC[C@]2(O)[C@@H]3CC=C4C[C@@H](O)CC[C@]4(C)[C@H]3[C@H](O)[C@H](OC(=O)c3ccccc3)[C@]12C. The zero-order valence-electron chi connectivity index (χ0n) is 24.6. The predicted molar refractivity (Wildman–Crippen MR) is 156 cm³/mol. The van der Waals surface area contributed by atoms with Gasteiger partial charge in [0.05, 0.1) is 28.9 Å². The highest BCUT2D eigenvalue weighted by molar-refractivity contribution is 5.90. The summed E-state index contributed by atoms with van der Waals surface area (Å²) in [5, 5.41) is 35.6. The van der Waals surface area contributed by atoms with Gasteiger partial charge in [0.1, 0.15) is 12.2 Å². The maximum Gasteiger partial charge on any atom is 0.338 e. The van der Waals surface area contributed by atoms with Gasteiger partial charge in [-0.2, -0.15) is 0 Å². The third-order valence-electron chi connectivity index (χ3n) is 11.5. The lowest BCUT2D eigenvalue weighted by molar-refractivity contribution is -0.270. The molecule has 10 atom stereocenters. The normalized spacial score (nSPS) is 39.6. The predicted octanol–water partition coefficient (Wildman–Crippen LogP) is 5.09. The average molecular weight is 575 g/mol. The number of benzene rings is 2. The van der Waals surface area contributed by atoms with Crippen LogP contribution < -0.4 is 0 Å². The molecule has 2 aromatic rings. The minimum atomic E-state index is -1.28. The fourth-order valence-corrected chi connectivity index (χ4v) is 9.30. The van der Waals surface area contributed by atoms with E-state index in [1.165, 1.54) is 0 Å². The number of aliphatic hydroxyl groups excluding tert-OH is 2. The maximum atomic E-state index is 13.6. The number of rotatable bonds is 5. The minimum absolute atomic E-state index is 0.282. The molecular formula is C35H42O7. The summed E-state index contributed by atoms with van der Waals surface area (Å²) in [4.78, 5) is 26.6. The molecule has 6 rings (SSSR count). The second-order valence-corrected chi connectivity index (χ2v) is 13.4. The van der Waals surface area contributed by atoms with Gasteiger partial charge in [0.15, 0.2) is 0 Å². The van der Waals surface area contributed by atoms with Crippen molar-refractivity contribution in [3.63, 3.8) is 0 Å². The number of esters is 2. The molecule has 3 N–H and O–H groups in total. The van der Waals surface area contributed by atoms with Crippen molar-refractivity contribution in [2.45, 2.75) is 89.3 Å². The summed E-state index contributed by atoms with van der Waals surface area (Å²) in [5.41, 5.74) is -0.896. The molecule has 0 bridgehead atoms. The average Bonchev–Trinajstić information content (AvgIpc) is 3.27. The summed E-state index contributed by atoms with van der Waals surface area (Å²) in [6.07, 6.45) is 2.44. The van der Waals surface area contributed by atoms with Crippen LogP contribution in [-0.4, -0.2) is 57.3 Å². The van der Waals surface area contributed by atoms with Crippen molar-refractivity contribution < 1.29 is 34.4 Å². The van der Waals surface area contributed by atoms with E-state index in [-0.39, 0.29) is 17.8 Å². The van der Waals surface area contributed by atoms with Crippen LogP contribution >= 0.6 is 0 Å². The molecule has 0 amide bonds. The summed E-state index contributed by atoms with van der Waals surface area (Å²) in [7, 11) is 0. The van der Waals surface area contributed by atoms with E-state index in [4.69, 9.17) is 9.47 Å². The molecule has 0 aliphatic heterocycles. The van der Waals surface area contributed by atoms with Gasteiger partial charge in [0, 0.05) is 17.3 Å². The lowest BCUT2D eigenvalue weighted by Crippen LogP contribution is -2.72. The highest BCUT2D eigenvalue weighted by Gasteiger charge is 2.74. The van der Waals surface area contributed by atoms with E-state index in [9.17, 15) is 24.9 Å². The monoisotopic (exact) mass is 574 g/mol. The van der Waals surface area contributed by atoms with Gasteiger partial charge in [-0.3, -0.25) is 0 Å². The smallest absolute Gasteiger partial charge is 0.338 e. The molecule has 42 heavy (non-hydrogen) atoms. The molecular weight excluding hydrogens is 532 g/mol. The van der Waals surface area contributed by atoms with Crippen molar-refractivity contribution in [3.8, 4) is 0 Å². The van der Waals surface area contributed by atoms with Crippen LogP contribution in [0.15, 0.2) is 72.3 Å². The molecule has 0 saturated heterocycles. The summed E-state index contributed by atoms with van der Waals surface area (Å²) in [6.45, 7) is 5.87. The molecule has 2 aromatic carbocycles. The molecule has 3 saturated carbocycles. The van der Waals surface area contributed by atoms with Gasteiger partial charge in [0.25, 0.3) is 0 Å². The molecule has 4 aliphatic carbocycles. The number of carbonyl (C=O) groups is 2. The molecule has 7 nitrogen and oxygen atoms in total. The second kappa shape index (κ2) is 10.6. The van der Waals surface area contributed by atoms with Gasteiger partial charge in [-0.15, -0.1) is 0 Å². The zero-order valence-corrected chi connectivity index (χ0v) is 24.6. The van der Waals surface area contributed by atoms with Crippen LogP contribution in [0, 0.1) is 28.6 Å². The Morgan fingerprint density at radius 2 is 1.52 bits per heavy atom. The van der Waals surface area contributed by atoms with E-state index in [0.29, 0.717) is 49.7 Å². The van der Waals surface area contributed by atoms with E-state index in [2.05, 4.69) is 13.0 Å². The Morgan fingerprint density at radius 1 is 0.905 bits per heavy atom. The number of allylic oxidation sites excluding steroid dienone is 1. The van der Waals surface area contributed by atoms with Crippen LogP contribution in [0.2, 0.25) is 0 Å². The van der Waals surface area contributed by atoms with E-state index in [1.54, 1.807) is 48.5 Å². The van der Waals surface area contributed by atoms with Crippen LogP contribution in [-0.2, 0) is 9.47 Å². The van der Waals surface area contributed by atoms with Crippen LogP contribution in [0.4, 0.5) is 0 Å². The highest BCUT2D eigenvalue weighted by atomic mass is 16.6. The molecule has 0 aromatic heterocycles. The molecule has 0 heterocycles. The standard InChI is InChI=1S/C35H42O7/c1-21(41-31(38)22-10-6-4-7-11-22)26-17-19-35(40)27-15-14-24-20-25(36)16-18-33(24,2)28(27)29(37)30(34(26,35)3)42-32(39)23-12-8-5-9-13-23/h4-14,21,25-30,36-37,40H,15-20H2,1-3H3/t21-,25-,26+,27+,28+,29-,30-,33-,34-,35-/m0/s1. The minimum Gasteiger partial charge on any atom is -0.459 e. The topological polar surface area (TPSA) is 113 Å². The lowest BCUT2D eigenvalue weighted by atomic mass is 9.44. The van der Waals surface area contributed by atoms with Crippen molar-refractivity contribution in [1.82, 2.24) is 0 Å². The van der Waals surface area contributed by atoms with Gasteiger partial charge in [0.2, 0.25) is 0 Å². The number of carbonyl (C=O) groups excluding carboxylic acids is 2. The lowest BCUT2D eigenvalue weighted by Gasteiger charge is -2.64. The van der Waals surface area contributed by atoms with Crippen molar-refractivity contribution >= 4 is 11.9 Å². The van der Waals surface area contributed by atoms with Gasteiger partial charge in [-0.1, -0.05) is 61.9 Å². The zero-order chi connectivity index (χ0) is 29.9. The Hall–Kier alpha value is -3.00. The van der Waals surface area contributed by atoms with E-state index >= 15 is 0 Å². The molecule has 3 fully saturated rings. The van der Waals surface area contributed by atoms with Crippen molar-refractivity contribution in [2.24, 2.45) is 28.6 Å². The largest absolute Gasteiger partial charge is 0.459 e. The molecule has 4 aliphatic rings. The molecule has 224 valence electrons. The number of hydrogen-bond donors (Lipinski definition) is 3. The summed E-state index contributed by atoms with van der Waals surface area (Å²) in [6, 6.07) is 17.5. The number of hydrogen-bond acceptors (Lipinski definition) is 7.